The van der Waals surface area contributed by atoms with Gasteiger partial charge in [-0.05, 0) is 43.2 Å². The van der Waals surface area contributed by atoms with Gasteiger partial charge in [-0.1, -0.05) is 29.8 Å². The largest absolute Gasteiger partial charge is 0.337 e. The van der Waals surface area contributed by atoms with Crippen LogP contribution in [0.5, 0.6) is 0 Å². The summed E-state index contributed by atoms with van der Waals surface area (Å²) in [5.41, 5.74) is 4.83. The summed E-state index contributed by atoms with van der Waals surface area (Å²) in [6.07, 6.45) is 0.761. The number of aromatic nitrogens is 1. The molecule has 0 atom stereocenters. The van der Waals surface area contributed by atoms with Gasteiger partial charge in [-0.3, -0.25) is 9.59 Å². The number of hydrogen-bond donors (Lipinski definition) is 1. The Morgan fingerprint density at radius 2 is 1.94 bits per heavy atom. The summed E-state index contributed by atoms with van der Waals surface area (Å²) < 4.78 is 1.12. The zero-order chi connectivity index (χ0) is 21.5. The number of aryl methyl sites for hydroxylation is 1. The lowest BCUT2D eigenvalue weighted by atomic mass is 10.0. The van der Waals surface area contributed by atoms with E-state index in [1.54, 1.807) is 29.6 Å². The number of rotatable bonds is 3. The molecule has 5 rings (SSSR count). The van der Waals surface area contributed by atoms with Crippen molar-refractivity contribution in [2.45, 2.75) is 26.8 Å². The molecule has 1 aliphatic rings. The van der Waals surface area contributed by atoms with Gasteiger partial charge in [0.1, 0.15) is 10.0 Å². The summed E-state index contributed by atoms with van der Waals surface area (Å²) in [5, 5.41) is 4.86. The monoisotopic (exact) mass is 447 g/mol. The summed E-state index contributed by atoms with van der Waals surface area (Å²) >= 11 is 3.19. The van der Waals surface area contributed by atoms with Crippen molar-refractivity contribution >= 4 is 49.7 Å². The number of hydrogen-bond acceptors (Lipinski definition) is 5. The van der Waals surface area contributed by atoms with Gasteiger partial charge in [0.2, 0.25) is 5.91 Å². The minimum Gasteiger partial charge on any atom is -0.337 e. The predicted molar refractivity (Wildman–Crippen MR) is 127 cm³/mol. The first-order valence-corrected chi connectivity index (χ1v) is 11.8. The van der Waals surface area contributed by atoms with E-state index in [1.165, 1.54) is 5.56 Å². The van der Waals surface area contributed by atoms with Crippen LogP contribution >= 0.6 is 22.7 Å². The maximum Gasteiger partial charge on any atom is 0.256 e. The molecule has 0 saturated heterocycles. The van der Waals surface area contributed by atoms with E-state index in [-0.39, 0.29) is 11.8 Å². The molecule has 0 aliphatic carbocycles. The van der Waals surface area contributed by atoms with Gasteiger partial charge >= 0.3 is 0 Å². The Hall–Kier alpha value is -3.03. The highest BCUT2D eigenvalue weighted by Crippen LogP contribution is 2.45. The molecule has 1 aliphatic heterocycles. The van der Waals surface area contributed by atoms with Crippen molar-refractivity contribution in [3.05, 3.63) is 70.1 Å². The Morgan fingerprint density at radius 1 is 1.10 bits per heavy atom. The Morgan fingerprint density at radius 3 is 2.71 bits per heavy atom. The third kappa shape index (κ3) is 3.75. The van der Waals surface area contributed by atoms with E-state index >= 15 is 0 Å². The molecule has 5 nitrogen and oxygen atoms in total. The summed E-state index contributed by atoms with van der Waals surface area (Å²) in [6, 6.07) is 15.7. The number of thiazole rings is 1. The maximum absolute atomic E-state index is 13.0. The molecule has 156 valence electrons. The molecule has 1 N–H and O–H groups in total. The molecule has 0 radical (unpaired) electrons. The van der Waals surface area contributed by atoms with Gasteiger partial charge in [-0.15, -0.1) is 22.7 Å². The van der Waals surface area contributed by atoms with Gasteiger partial charge in [0, 0.05) is 29.5 Å². The molecule has 0 spiro atoms. The molecule has 2 aromatic heterocycles. The van der Waals surface area contributed by atoms with E-state index in [2.05, 4.69) is 11.4 Å². The molecule has 2 amide bonds. The van der Waals surface area contributed by atoms with E-state index in [9.17, 15) is 9.59 Å². The number of fused-ring (bicyclic) bond motifs is 2. The molecule has 2 aromatic carbocycles. The van der Waals surface area contributed by atoms with Crippen LogP contribution in [0.2, 0.25) is 0 Å². The average Bonchev–Trinajstić information content (AvgIpc) is 3.33. The fraction of sp³-hybridized carbons (Fsp3) is 0.208. The summed E-state index contributed by atoms with van der Waals surface area (Å²) in [7, 11) is 0. The second-order valence-electron chi connectivity index (χ2n) is 7.71. The molecule has 31 heavy (non-hydrogen) atoms. The lowest BCUT2D eigenvalue weighted by Crippen LogP contribution is -2.33. The van der Waals surface area contributed by atoms with Crippen molar-refractivity contribution in [2.75, 3.05) is 11.9 Å². The van der Waals surface area contributed by atoms with Crippen LogP contribution in [0.3, 0.4) is 0 Å². The van der Waals surface area contributed by atoms with E-state index in [0.717, 1.165) is 42.7 Å². The van der Waals surface area contributed by atoms with Crippen LogP contribution in [0.4, 0.5) is 5.00 Å². The van der Waals surface area contributed by atoms with Crippen molar-refractivity contribution in [1.29, 1.82) is 0 Å². The molecule has 0 unspecified atom stereocenters. The summed E-state index contributed by atoms with van der Waals surface area (Å²) in [6.45, 7) is 4.84. The summed E-state index contributed by atoms with van der Waals surface area (Å²) in [4.78, 5) is 32.8. The quantitative estimate of drug-likeness (QED) is 0.452. The minimum absolute atomic E-state index is 0.0749. The van der Waals surface area contributed by atoms with E-state index in [4.69, 9.17) is 4.98 Å². The van der Waals surface area contributed by atoms with Gasteiger partial charge < -0.3 is 10.2 Å². The molecule has 0 bridgehead atoms. The highest BCUT2D eigenvalue weighted by Gasteiger charge is 2.28. The topological polar surface area (TPSA) is 62.3 Å². The second kappa shape index (κ2) is 7.90. The zero-order valence-electron chi connectivity index (χ0n) is 17.3. The number of nitrogens with one attached hydrogen (secondary N) is 1. The highest BCUT2D eigenvalue weighted by atomic mass is 32.1. The van der Waals surface area contributed by atoms with Crippen LogP contribution in [0.1, 0.15) is 33.3 Å². The Labute approximate surface area is 188 Å². The third-order valence-corrected chi connectivity index (χ3v) is 7.70. The number of anilines is 1. The number of nitrogens with zero attached hydrogens (tertiary/aromatic N) is 2. The normalized spacial score (nSPS) is 13.3. The van der Waals surface area contributed by atoms with Gasteiger partial charge in [0.25, 0.3) is 5.91 Å². The number of para-hydroxylation sites is 1. The fourth-order valence-electron chi connectivity index (χ4n) is 3.93. The van der Waals surface area contributed by atoms with Crippen LogP contribution < -0.4 is 5.32 Å². The van der Waals surface area contributed by atoms with Crippen molar-refractivity contribution in [1.82, 2.24) is 9.88 Å². The van der Waals surface area contributed by atoms with Crippen molar-refractivity contribution in [3.63, 3.8) is 0 Å². The fourth-order valence-corrected chi connectivity index (χ4v) is 6.30. The van der Waals surface area contributed by atoms with Crippen molar-refractivity contribution in [2.24, 2.45) is 0 Å². The SMILES string of the molecule is CC(=O)N1CCc2c(sc(NC(=O)c3cccc(C)c3)c2-c2nc3ccccc3s2)C1. The molecule has 0 saturated carbocycles. The lowest BCUT2D eigenvalue weighted by Gasteiger charge is -2.26. The number of benzene rings is 2. The molecule has 3 heterocycles. The molecule has 7 heteroatoms. The van der Waals surface area contributed by atoms with Crippen LogP contribution in [-0.4, -0.2) is 28.2 Å². The third-order valence-electron chi connectivity index (χ3n) is 5.52. The molecule has 0 fully saturated rings. The lowest BCUT2D eigenvalue weighted by molar-refractivity contribution is -0.129. The van der Waals surface area contributed by atoms with Crippen LogP contribution in [0.15, 0.2) is 48.5 Å². The molecular formula is C24H21N3O2S2. The number of amides is 2. The predicted octanol–water partition coefficient (Wildman–Crippen LogP) is 5.49. The Balaban J connectivity index is 1.59. The Bertz CT molecular complexity index is 1290. The number of thiophene rings is 1. The van der Waals surface area contributed by atoms with Gasteiger partial charge in [0.15, 0.2) is 0 Å². The Kier molecular flexibility index (Phi) is 5.08. The minimum atomic E-state index is -0.131. The van der Waals surface area contributed by atoms with Gasteiger partial charge in [-0.2, -0.15) is 0 Å². The van der Waals surface area contributed by atoms with Crippen LogP contribution in [0.25, 0.3) is 20.8 Å². The number of carbonyl (C=O) groups is 2. The van der Waals surface area contributed by atoms with Crippen LogP contribution in [0, 0.1) is 6.92 Å². The highest BCUT2D eigenvalue weighted by molar-refractivity contribution is 7.23. The first kappa shape index (κ1) is 19.9. The first-order chi connectivity index (χ1) is 15.0. The van der Waals surface area contributed by atoms with Gasteiger partial charge in [0.05, 0.1) is 16.8 Å². The van der Waals surface area contributed by atoms with Crippen molar-refractivity contribution < 1.29 is 9.59 Å². The van der Waals surface area contributed by atoms with Crippen LogP contribution in [-0.2, 0) is 17.8 Å². The average molecular weight is 448 g/mol. The van der Waals surface area contributed by atoms with E-state index < -0.39 is 0 Å². The standard InChI is InChI=1S/C24H21N3O2S2/c1-14-6-5-7-16(12-14)22(29)26-24-21(23-25-18-8-3-4-9-19(18)30-23)17-10-11-27(15(2)28)13-20(17)31-24/h3-9,12H,10-11,13H2,1-2H3,(H,26,29). The first-order valence-electron chi connectivity index (χ1n) is 10.1. The second-order valence-corrected chi connectivity index (χ2v) is 9.84. The summed E-state index contributed by atoms with van der Waals surface area (Å²) in [5.74, 6) is -0.0565. The van der Waals surface area contributed by atoms with Gasteiger partial charge in [-0.25, -0.2) is 4.98 Å². The number of carbonyl (C=O) groups excluding carboxylic acids is 2. The molecule has 4 aromatic rings. The van der Waals surface area contributed by atoms with Crippen molar-refractivity contribution in [3.8, 4) is 10.6 Å². The van der Waals surface area contributed by atoms with E-state index in [1.807, 2.05) is 54.3 Å². The maximum atomic E-state index is 13.0. The smallest absolute Gasteiger partial charge is 0.256 e. The molecular weight excluding hydrogens is 426 g/mol. The zero-order valence-corrected chi connectivity index (χ0v) is 18.9. The van der Waals surface area contributed by atoms with E-state index in [0.29, 0.717) is 18.7 Å².